The molecular weight excluding hydrogens is 310 g/mol. The highest BCUT2D eigenvalue weighted by Crippen LogP contribution is 2.47. The van der Waals surface area contributed by atoms with Crippen LogP contribution >= 0.6 is 0 Å². The second-order valence-electron chi connectivity index (χ2n) is 7.28. The fourth-order valence-corrected chi connectivity index (χ4v) is 4.10. The highest BCUT2D eigenvalue weighted by Gasteiger charge is 2.43. The summed E-state index contributed by atoms with van der Waals surface area (Å²) >= 11 is 0. The maximum absolute atomic E-state index is 13.1. The normalized spacial score (nSPS) is 24.5. The van der Waals surface area contributed by atoms with E-state index in [4.69, 9.17) is 4.74 Å². The number of ether oxygens (including phenoxy) is 1. The van der Waals surface area contributed by atoms with Crippen LogP contribution in [0, 0.1) is 5.92 Å². The van der Waals surface area contributed by atoms with E-state index in [0.29, 0.717) is 25.0 Å². The maximum atomic E-state index is 13.1. The van der Waals surface area contributed by atoms with Gasteiger partial charge >= 0.3 is 0 Å². The fourth-order valence-electron chi connectivity index (χ4n) is 4.10. The SMILES string of the molecule is O=C(NCC1CC1c1ccccc1)C1(c2ccccc2)CCOCC1. The average molecular weight is 335 g/mol. The molecule has 1 heterocycles. The minimum absolute atomic E-state index is 0.167. The van der Waals surface area contributed by atoms with Crippen molar-refractivity contribution in [1.82, 2.24) is 5.32 Å². The van der Waals surface area contributed by atoms with Crippen molar-refractivity contribution in [2.24, 2.45) is 5.92 Å². The zero-order chi connectivity index (χ0) is 17.1. The maximum Gasteiger partial charge on any atom is 0.230 e. The summed E-state index contributed by atoms with van der Waals surface area (Å²) in [6.07, 6.45) is 2.69. The van der Waals surface area contributed by atoms with Crippen LogP contribution in [0.3, 0.4) is 0 Å². The average Bonchev–Trinajstić information content (AvgIpc) is 3.48. The van der Waals surface area contributed by atoms with E-state index >= 15 is 0 Å². The van der Waals surface area contributed by atoms with Crippen LogP contribution < -0.4 is 5.32 Å². The number of amides is 1. The first-order valence-corrected chi connectivity index (χ1v) is 9.26. The van der Waals surface area contributed by atoms with E-state index in [1.807, 2.05) is 18.2 Å². The standard InChI is InChI=1S/C22H25NO2/c24-21(23-16-18-15-20(18)17-7-3-1-4-8-17)22(11-13-25-14-12-22)19-9-5-2-6-10-19/h1-10,18,20H,11-16H2,(H,23,24). The summed E-state index contributed by atoms with van der Waals surface area (Å²) in [5, 5.41) is 3.26. The minimum atomic E-state index is -0.434. The number of carbonyl (C=O) groups is 1. The Hall–Kier alpha value is -2.13. The van der Waals surface area contributed by atoms with Gasteiger partial charge in [-0.05, 0) is 42.2 Å². The van der Waals surface area contributed by atoms with E-state index < -0.39 is 5.41 Å². The van der Waals surface area contributed by atoms with E-state index in [1.54, 1.807) is 0 Å². The first kappa shape index (κ1) is 16.3. The summed E-state index contributed by atoms with van der Waals surface area (Å²) in [5.74, 6) is 1.34. The van der Waals surface area contributed by atoms with Gasteiger partial charge in [0.25, 0.3) is 0 Å². The topological polar surface area (TPSA) is 38.3 Å². The van der Waals surface area contributed by atoms with Gasteiger partial charge in [0.15, 0.2) is 0 Å². The molecule has 2 aromatic carbocycles. The third-order valence-electron chi connectivity index (χ3n) is 5.78. The Morgan fingerprint density at radius 2 is 1.64 bits per heavy atom. The Labute approximate surface area is 149 Å². The van der Waals surface area contributed by atoms with Gasteiger partial charge in [0.2, 0.25) is 5.91 Å². The van der Waals surface area contributed by atoms with E-state index in [-0.39, 0.29) is 5.91 Å². The van der Waals surface area contributed by atoms with Gasteiger partial charge in [0, 0.05) is 19.8 Å². The van der Waals surface area contributed by atoms with Crippen molar-refractivity contribution in [3.8, 4) is 0 Å². The van der Waals surface area contributed by atoms with Crippen molar-refractivity contribution >= 4 is 5.91 Å². The quantitative estimate of drug-likeness (QED) is 0.906. The van der Waals surface area contributed by atoms with E-state index in [1.165, 1.54) is 12.0 Å². The molecular formula is C22H25NO2. The Balaban J connectivity index is 1.42. The molecule has 25 heavy (non-hydrogen) atoms. The lowest BCUT2D eigenvalue weighted by Crippen LogP contribution is -2.48. The molecule has 0 radical (unpaired) electrons. The molecule has 2 atom stereocenters. The molecule has 1 aliphatic heterocycles. The van der Waals surface area contributed by atoms with Gasteiger partial charge < -0.3 is 10.1 Å². The number of nitrogens with one attached hydrogen (secondary N) is 1. The summed E-state index contributed by atoms with van der Waals surface area (Å²) < 4.78 is 5.53. The third kappa shape index (κ3) is 3.34. The van der Waals surface area contributed by atoms with Gasteiger partial charge in [-0.1, -0.05) is 60.7 Å². The second kappa shape index (κ2) is 7.01. The highest BCUT2D eigenvalue weighted by atomic mass is 16.5. The van der Waals surface area contributed by atoms with Crippen LogP contribution in [0.4, 0.5) is 0 Å². The number of rotatable bonds is 5. The Morgan fingerprint density at radius 3 is 2.32 bits per heavy atom. The van der Waals surface area contributed by atoms with Crippen LogP contribution in [0.15, 0.2) is 60.7 Å². The van der Waals surface area contributed by atoms with Crippen LogP contribution in [0.2, 0.25) is 0 Å². The molecule has 4 rings (SSSR count). The molecule has 1 amide bonds. The third-order valence-corrected chi connectivity index (χ3v) is 5.78. The zero-order valence-corrected chi connectivity index (χ0v) is 14.5. The van der Waals surface area contributed by atoms with Gasteiger partial charge in [-0.2, -0.15) is 0 Å². The largest absolute Gasteiger partial charge is 0.381 e. The summed E-state index contributed by atoms with van der Waals surface area (Å²) in [7, 11) is 0. The first-order valence-electron chi connectivity index (χ1n) is 9.26. The van der Waals surface area contributed by atoms with Gasteiger partial charge in [0.05, 0.1) is 5.41 Å². The van der Waals surface area contributed by atoms with Crippen molar-refractivity contribution in [3.05, 3.63) is 71.8 Å². The molecule has 1 aliphatic carbocycles. The summed E-state index contributed by atoms with van der Waals surface area (Å²) in [6, 6.07) is 20.8. The Bertz CT molecular complexity index is 707. The molecule has 1 saturated carbocycles. The van der Waals surface area contributed by atoms with E-state index in [0.717, 1.165) is 24.9 Å². The molecule has 3 nitrogen and oxygen atoms in total. The molecule has 1 saturated heterocycles. The van der Waals surface area contributed by atoms with Crippen molar-refractivity contribution in [1.29, 1.82) is 0 Å². The second-order valence-corrected chi connectivity index (χ2v) is 7.28. The lowest BCUT2D eigenvalue weighted by molar-refractivity contribution is -0.130. The predicted molar refractivity (Wildman–Crippen MR) is 98.5 cm³/mol. The van der Waals surface area contributed by atoms with Crippen LogP contribution in [0.5, 0.6) is 0 Å². The number of carbonyl (C=O) groups excluding carboxylic acids is 1. The lowest BCUT2D eigenvalue weighted by atomic mass is 9.73. The van der Waals surface area contributed by atoms with Gasteiger partial charge in [-0.15, -0.1) is 0 Å². The number of hydrogen-bond donors (Lipinski definition) is 1. The minimum Gasteiger partial charge on any atom is -0.381 e. The van der Waals surface area contributed by atoms with Gasteiger partial charge in [0.1, 0.15) is 0 Å². The monoisotopic (exact) mass is 335 g/mol. The van der Waals surface area contributed by atoms with Crippen molar-refractivity contribution < 1.29 is 9.53 Å². The van der Waals surface area contributed by atoms with Gasteiger partial charge in [-0.3, -0.25) is 4.79 Å². The molecule has 2 aromatic rings. The Morgan fingerprint density at radius 1 is 1.00 bits per heavy atom. The highest BCUT2D eigenvalue weighted by molar-refractivity contribution is 5.88. The zero-order valence-electron chi connectivity index (χ0n) is 14.5. The molecule has 2 aliphatic rings. The summed E-state index contributed by atoms with van der Waals surface area (Å²) in [5.41, 5.74) is 2.08. The van der Waals surface area contributed by atoms with Crippen molar-refractivity contribution in [3.63, 3.8) is 0 Å². The van der Waals surface area contributed by atoms with E-state index in [2.05, 4.69) is 47.8 Å². The number of benzene rings is 2. The molecule has 1 N–H and O–H groups in total. The van der Waals surface area contributed by atoms with Crippen molar-refractivity contribution in [2.45, 2.75) is 30.6 Å². The first-order chi connectivity index (χ1) is 12.3. The van der Waals surface area contributed by atoms with Crippen LogP contribution in [-0.2, 0) is 14.9 Å². The summed E-state index contributed by atoms with van der Waals surface area (Å²) in [6.45, 7) is 2.07. The summed E-state index contributed by atoms with van der Waals surface area (Å²) in [4.78, 5) is 13.1. The molecule has 130 valence electrons. The molecule has 2 unspecified atom stereocenters. The van der Waals surface area contributed by atoms with Crippen LogP contribution in [-0.4, -0.2) is 25.7 Å². The van der Waals surface area contributed by atoms with E-state index in [9.17, 15) is 4.79 Å². The lowest BCUT2D eigenvalue weighted by Gasteiger charge is -2.36. The van der Waals surface area contributed by atoms with Crippen molar-refractivity contribution in [2.75, 3.05) is 19.8 Å². The predicted octanol–water partition coefficient (Wildman–Crippen LogP) is 3.65. The van der Waals surface area contributed by atoms with Crippen LogP contribution in [0.1, 0.15) is 36.3 Å². The van der Waals surface area contributed by atoms with Gasteiger partial charge in [-0.25, -0.2) is 0 Å². The molecule has 2 fully saturated rings. The smallest absolute Gasteiger partial charge is 0.230 e. The number of hydrogen-bond acceptors (Lipinski definition) is 2. The Kier molecular flexibility index (Phi) is 4.58. The molecule has 3 heteroatoms. The molecule has 0 aromatic heterocycles. The fraction of sp³-hybridized carbons (Fsp3) is 0.409. The molecule has 0 spiro atoms. The van der Waals surface area contributed by atoms with Crippen LogP contribution in [0.25, 0.3) is 0 Å². The molecule has 0 bridgehead atoms.